The first-order chi connectivity index (χ1) is 13.9. The lowest BCUT2D eigenvalue weighted by atomic mass is 10.0. The van der Waals surface area contributed by atoms with Crippen LogP contribution in [0.3, 0.4) is 0 Å². The Morgan fingerprint density at radius 2 is 2.03 bits per heavy atom. The number of hydrogen-bond donors (Lipinski definition) is 1. The maximum absolute atomic E-state index is 13.4. The summed E-state index contributed by atoms with van der Waals surface area (Å²) in [4.78, 5) is 29.4. The third-order valence-electron chi connectivity index (χ3n) is 4.66. The highest BCUT2D eigenvalue weighted by Gasteiger charge is 2.24. The SMILES string of the molecule is CCOC(=O)c1c(OC)c2ncc(Cc3ccc(F)cc3CO)cc2n(C)c1=O. The van der Waals surface area contributed by atoms with Gasteiger partial charge in [-0.1, -0.05) is 6.07 Å². The Hall–Kier alpha value is -3.26. The minimum Gasteiger partial charge on any atom is -0.493 e. The molecule has 0 radical (unpaired) electrons. The van der Waals surface area contributed by atoms with Gasteiger partial charge < -0.3 is 19.1 Å². The molecule has 3 rings (SSSR count). The quantitative estimate of drug-likeness (QED) is 0.639. The van der Waals surface area contributed by atoms with E-state index in [9.17, 15) is 19.1 Å². The highest BCUT2D eigenvalue weighted by atomic mass is 19.1. The predicted molar refractivity (Wildman–Crippen MR) is 105 cm³/mol. The van der Waals surface area contributed by atoms with E-state index in [1.807, 2.05) is 0 Å². The average molecular weight is 400 g/mol. The lowest BCUT2D eigenvalue weighted by Crippen LogP contribution is -2.27. The van der Waals surface area contributed by atoms with Gasteiger partial charge in [0, 0.05) is 13.2 Å². The summed E-state index contributed by atoms with van der Waals surface area (Å²) < 4.78 is 25.0. The van der Waals surface area contributed by atoms with Crippen molar-refractivity contribution in [3.8, 4) is 5.75 Å². The molecule has 29 heavy (non-hydrogen) atoms. The third-order valence-corrected chi connectivity index (χ3v) is 4.66. The van der Waals surface area contributed by atoms with Gasteiger partial charge in [0.15, 0.2) is 11.3 Å². The number of aryl methyl sites for hydroxylation is 1. The van der Waals surface area contributed by atoms with Crippen LogP contribution < -0.4 is 10.3 Å². The van der Waals surface area contributed by atoms with Crippen LogP contribution in [-0.2, 0) is 24.8 Å². The molecule has 3 aromatic rings. The molecule has 1 N–H and O–H groups in total. The van der Waals surface area contributed by atoms with Crippen molar-refractivity contribution >= 4 is 17.0 Å². The fraction of sp³-hybridized carbons (Fsp3) is 0.286. The molecule has 0 unspecified atom stereocenters. The summed E-state index contributed by atoms with van der Waals surface area (Å²) in [6.45, 7) is 1.49. The zero-order valence-corrected chi connectivity index (χ0v) is 16.4. The molecule has 0 aliphatic rings. The van der Waals surface area contributed by atoms with Crippen molar-refractivity contribution < 1.29 is 23.8 Å². The number of fused-ring (bicyclic) bond motifs is 1. The largest absolute Gasteiger partial charge is 0.493 e. The smallest absolute Gasteiger partial charge is 0.347 e. The highest BCUT2D eigenvalue weighted by molar-refractivity contribution is 5.98. The Balaban J connectivity index is 2.14. The first-order valence-electron chi connectivity index (χ1n) is 9.02. The molecule has 152 valence electrons. The second-order valence-electron chi connectivity index (χ2n) is 6.45. The summed E-state index contributed by atoms with van der Waals surface area (Å²) in [5.74, 6) is -1.13. The second kappa shape index (κ2) is 8.40. The zero-order valence-electron chi connectivity index (χ0n) is 16.4. The summed E-state index contributed by atoms with van der Waals surface area (Å²) in [7, 11) is 2.90. The minimum absolute atomic E-state index is 0.0610. The monoisotopic (exact) mass is 400 g/mol. The topological polar surface area (TPSA) is 90.7 Å². The lowest BCUT2D eigenvalue weighted by molar-refractivity contribution is 0.0520. The van der Waals surface area contributed by atoms with Gasteiger partial charge in [-0.2, -0.15) is 0 Å². The van der Waals surface area contributed by atoms with E-state index in [2.05, 4.69) is 4.98 Å². The number of aromatic nitrogens is 2. The van der Waals surface area contributed by atoms with E-state index in [1.54, 1.807) is 25.3 Å². The van der Waals surface area contributed by atoms with Crippen LogP contribution in [0.15, 0.2) is 35.3 Å². The van der Waals surface area contributed by atoms with E-state index in [4.69, 9.17) is 9.47 Å². The Bertz CT molecular complexity index is 1140. The molecule has 7 nitrogen and oxygen atoms in total. The fourth-order valence-electron chi connectivity index (χ4n) is 3.23. The summed E-state index contributed by atoms with van der Waals surface area (Å²) in [5, 5.41) is 9.48. The molecule has 0 fully saturated rings. The zero-order chi connectivity index (χ0) is 21.1. The molecule has 8 heteroatoms. The third kappa shape index (κ3) is 3.84. The van der Waals surface area contributed by atoms with Gasteiger partial charge in [-0.3, -0.25) is 9.78 Å². The van der Waals surface area contributed by atoms with Crippen LogP contribution in [0.2, 0.25) is 0 Å². The van der Waals surface area contributed by atoms with Gasteiger partial charge >= 0.3 is 5.97 Å². The Morgan fingerprint density at radius 3 is 2.69 bits per heavy atom. The molecule has 0 aliphatic heterocycles. The van der Waals surface area contributed by atoms with Gasteiger partial charge in [-0.05, 0) is 48.2 Å². The van der Waals surface area contributed by atoms with Gasteiger partial charge in [-0.25, -0.2) is 9.18 Å². The number of nitrogens with zero attached hydrogens (tertiary/aromatic N) is 2. The number of carbonyl (C=O) groups excluding carboxylic acids is 1. The number of aliphatic hydroxyl groups excluding tert-OH is 1. The van der Waals surface area contributed by atoms with Crippen LogP contribution in [0.4, 0.5) is 4.39 Å². The summed E-state index contributed by atoms with van der Waals surface area (Å²) in [6.07, 6.45) is 1.98. The van der Waals surface area contributed by atoms with Crippen LogP contribution in [0, 0.1) is 5.82 Å². The van der Waals surface area contributed by atoms with E-state index in [0.717, 1.165) is 11.1 Å². The van der Waals surface area contributed by atoms with Crippen LogP contribution in [0.1, 0.15) is 34.0 Å². The first kappa shape index (κ1) is 20.5. The molecule has 0 amide bonds. The number of methoxy groups -OCH3 is 1. The maximum Gasteiger partial charge on any atom is 0.347 e. The lowest BCUT2D eigenvalue weighted by Gasteiger charge is -2.14. The second-order valence-corrected chi connectivity index (χ2v) is 6.45. The molecular weight excluding hydrogens is 379 g/mol. The van der Waals surface area contributed by atoms with Gasteiger partial charge in [0.05, 0.1) is 25.8 Å². The molecule has 0 spiro atoms. The molecule has 0 saturated heterocycles. The van der Waals surface area contributed by atoms with Crippen molar-refractivity contribution in [1.82, 2.24) is 9.55 Å². The van der Waals surface area contributed by atoms with Crippen LogP contribution >= 0.6 is 0 Å². The van der Waals surface area contributed by atoms with E-state index < -0.39 is 17.3 Å². The molecule has 0 saturated carbocycles. The number of pyridine rings is 2. The van der Waals surface area contributed by atoms with Crippen molar-refractivity contribution in [2.45, 2.75) is 20.0 Å². The first-order valence-corrected chi connectivity index (χ1v) is 9.02. The summed E-state index contributed by atoms with van der Waals surface area (Å²) in [5.41, 5.74) is 2.05. The summed E-state index contributed by atoms with van der Waals surface area (Å²) in [6, 6.07) is 5.97. The predicted octanol–water partition coefficient (Wildman–Crippen LogP) is 2.34. The van der Waals surface area contributed by atoms with Crippen molar-refractivity contribution in [3.63, 3.8) is 0 Å². The van der Waals surface area contributed by atoms with Gasteiger partial charge in [0.2, 0.25) is 0 Å². The normalized spacial score (nSPS) is 10.9. The molecule has 0 atom stereocenters. The molecule has 0 aliphatic carbocycles. The number of carbonyl (C=O) groups is 1. The van der Waals surface area contributed by atoms with E-state index in [0.29, 0.717) is 23.0 Å². The van der Waals surface area contributed by atoms with Crippen molar-refractivity contribution in [2.24, 2.45) is 7.05 Å². The number of benzene rings is 1. The number of aliphatic hydroxyl groups is 1. The molecule has 2 heterocycles. The Kier molecular flexibility index (Phi) is 5.93. The number of ether oxygens (including phenoxy) is 2. The molecular formula is C21H21FN2O5. The van der Waals surface area contributed by atoms with E-state index in [1.165, 1.54) is 30.9 Å². The van der Waals surface area contributed by atoms with Gasteiger partial charge in [-0.15, -0.1) is 0 Å². The standard InChI is InChI=1S/C21H21FN2O5/c1-4-29-21(27)17-19(28-3)18-16(24(2)20(17)26)8-12(10-23-18)7-13-5-6-15(22)9-14(13)11-25/h5-6,8-10,25H,4,7,11H2,1-3H3. The number of esters is 1. The average Bonchev–Trinajstić information content (AvgIpc) is 2.71. The minimum atomic E-state index is -0.767. The number of hydrogen-bond acceptors (Lipinski definition) is 6. The Morgan fingerprint density at radius 1 is 1.28 bits per heavy atom. The molecule has 2 aromatic heterocycles. The van der Waals surface area contributed by atoms with Gasteiger partial charge in [0.1, 0.15) is 11.3 Å². The van der Waals surface area contributed by atoms with Crippen molar-refractivity contribution in [2.75, 3.05) is 13.7 Å². The van der Waals surface area contributed by atoms with Crippen molar-refractivity contribution in [3.05, 3.63) is 68.9 Å². The number of rotatable bonds is 6. The molecule has 0 bridgehead atoms. The highest BCUT2D eigenvalue weighted by Crippen LogP contribution is 2.27. The Labute approximate surface area is 166 Å². The number of halogens is 1. The fourth-order valence-corrected chi connectivity index (χ4v) is 3.23. The van der Waals surface area contributed by atoms with Crippen LogP contribution in [0.5, 0.6) is 5.75 Å². The molecule has 1 aromatic carbocycles. The van der Waals surface area contributed by atoms with Crippen molar-refractivity contribution in [1.29, 1.82) is 0 Å². The van der Waals surface area contributed by atoms with E-state index in [-0.39, 0.29) is 24.5 Å². The maximum atomic E-state index is 13.4. The van der Waals surface area contributed by atoms with Gasteiger partial charge in [0.25, 0.3) is 5.56 Å². The van der Waals surface area contributed by atoms with E-state index >= 15 is 0 Å². The van der Waals surface area contributed by atoms with Crippen LogP contribution in [-0.4, -0.2) is 34.3 Å². The summed E-state index contributed by atoms with van der Waals surface area (Å²) >= 11 is 0. The van der Waals surface area contributed by atoms with Crippen LogP contribution in [0.25, 0.3) is 11.0 Å².